The number of hydrogen-bond donors (Lipinski definition) is 3. The number of aliphatic hydroxyl groups is 3. The number of aryl methyl sites for hydroxylation is 3. The highest BCUT2D eigenvalue weighted by Crippen LogP contribution is 2.49. The molecule has 0 fully saturated rings. The van der Waals surface area contributed by atoms with Crippen LogP contribution in [0.25, 0.3) is 11.0 Å². The number of benzene rings is 5. The zero-order valence-corrected chi connectivity index (χ0v) is 41.1. The molecule has 9 rings (SSSR count). The normalized spacial score (nSPS) is 19.9. The monoisotopic (exact) mass is 962 g/mol. The average Bonchev–Trinajstić information content (AvgIpc) is 3.36. The molecule has 0 radical (unpaired) electrons. The number of ether oxygens (including phenoxy) is 4. The first-order chi connectivity index (χ1) is 34.5. The Kier molecular flexibility index (Phi) is 17.0. The second-order valence-electron chi connectivity index (χ2n) is 19.6. The Bertz CT molecular complexity index is 2850. The fourth-order valence-electron chi connectivity index (χ4n) is 10.5. The summed E-state index contributed by atoms with van der Waals surface area (Å²) in [6.45, 7) is 4.03. The van der Waals surface area contributed by atoms with E-state index in [9.17, 15) is 29.7 Å². The molecular formula is C60H66O11. The van der Waals surface area contributed by atoms with Gasteiger partial charge in [0.1, 0.15) is 23.7 Å². The fourth-order valence-corrected chi connectivity index (χ4v) is 10.5. The van der Waals surface area contributed by atoms with E-state index < -0.39 is 54.7 Å². The molecular weight excluding hydrogens is 897 g/mol. The molecule has 0 spiro atoms. The summed E-state index contributed by atoms with van der Waals surface area (Å²) in [5.74, 6) is -1.68. The lowest BCUT2D eigenvalue weighted by Crippen LogP contribution is -2.54. The zero-order valence-electron chi connectivity index (χ0n) is 41.1. The number of rotatable bonds is 16. The van der Waals surface area contributed by atoms with Gasteiger partial charge in [-0.1, -0.05) is 115 Å². The van der Waals surface area contributed by atoms with Crippen LogP contribution in [0.2, 0.25) is 0 Å². The molecule has 372 valence electrons. The minimum Gasteiger partial charge on any atom is -0.483 e. The highest BCUT2D eigenvalue weighted by atomic mass is 16.6. The Morgan fingerprint density at radius 3 is 2.17 bits per heavy atom. The second kappa shape index (κ2) is 23.7. The number of allylic oxidation sites excluding steroid dienone is 1. The predicted octanol–water partition coefficient (Wildman–Crippen LogP) is 10.1. The van der Waals surface area contributed by atoms with Crippen LogP contribution in [0.4, 0.5) is 0 Å². The first-order valence-electron chi connectivity index (χ1n) is 25.0. The maximum absolute atomic E-state index is 15.0. The second-order valence-corrected chi connectivity index (χ2v) is 19.6. The summed E-state index contributed by atoms with van der Waals surface area (Å²) in [5.41, 5.74) is 6.68. The molecule has 0 saturated heterocycles. The van der Waals surface area contributed by atoms with E-state index in [1.54, 1.807) is 12.1 Å². The van der Waals surface area contributed by atoms with Crippen molar-refractivity contribution in [2.75, 3.05) is 20.0 Å². The lowest BCUT2D eigenvalue weighted by atomic mass is 9.81. The largest absolute Gasteiger partial charge is 0.483 e. The zero-order chi connectivity index (χ0) is 49.9. The van der Waals surface area contributed by atoms with Crippen molar-refractivity contribution < 1.29 is 48.3 Å². The Balaban J connectivity index is 1.23. The van der Waals surface area contributed by atoms with E-state index in [1.807, 2.05) is 57.2 Å². The summed E-state index contributed by atoms with van der Waals surface area (Å²) < 4.78 is 32.0. The lowest BCUT2D eigenvalue weighted by Gasteiger charge is -2.45. The van der Waals surface area contributed by atoms with Crippen LogP contribution >= 0.6 is 0 Å². The number of fused-ring (bicyclic) bond motifs is 13. The molecule has 5 atom stereocenters. The van der Waals surface area contributed by atoms with Crippen molar-refractivity contribution in [1.29, 1.82) is 0 Å². The molecule has 0 aliphatic carbocycles. The molecule has 5 unspecified atom stereocenters. The number of hydrogen-bond acceptors (Lipinski definition) is 11. The van der Waals surface area contributed by atoms with Crippen molar-refractivity contribution in [3.63, 3.8) is 0 Å². The van der Waals surface area contributed by atoms with E-state index in [2.05, 4.69) is 72.8 Å². The predicted molar refractivity (Wildman–Crippen MR) is 272 cm³/mol. The Labute approximate surface area is 416 Å². The third-order valence-corrected chi connectivity index (χ3v) is 14.3. The van der Waals surface area contributed by atoms with E-state index >= 15 is 0 Å². The van der Waals surface area contributed by atoms with Gasteiger partial charge in [-0.15, -0.1) is 0 Å². The lowest BCUT2D eigenvalue weighted by molar-refractivity contribution is -0.192. The minimum absolute atomic E-state index is 0.0135. The van der Waals surface area contributed by atoms with Gasteiger partial charge in [-0.05, 0) is 142 Å². The molecule has 3 N–H and O–H groups in total. The van der Waals surface area contributed by atoms with E-state index in [4.69, 9.17) is 23.4 Å². The average molecular weight is 963 g/mol. The minimum atomic E-state index is -1.31. The maximum atomic E-state index is 15.0. The van der Waals surface area contributed by atoms with E-state index in [0.717, 1.165) is 35.1 Å². The van der Waals surface area contributed by atoms with Crippen LogP contribution < -0.4 is 10.4 Å². The van der Waals surface area contributed by atoms with E-state index in [-0.39, 0.29) is 60.0 Å². The molecule has 4 heterocycles. The van der Waals surface area contributed by atoms with Crippen molar-refractivity contribution in [2.24, 2.45) is 5.92 Å². The van der Waals surface area contributed by atoms with Crippen LogP contribution in [0, 0.1) is 5.92 Å². The van der Waals surface area contributed by atoms with Gasteiger partial charge in [-0.2, -0.15) is 0 Å². The molecule has 3 aliphatic rings. The number of carbonyl (C=O) groups excluding carboxylic acids is 2. The summed E-state index contributed by atoms with van der Waals surface area (Å²) in [6.07, 6.45) is 3.17. The van der Waals surface area contributed by atoms with Crippen molar-refractivity contribution in [2.45, 2.75) is 122 Å². The molecule has 2 bridgehead atoms. The summed E-state index contributed by atoms with van der Waals surface area (Å²) in [7, 11) is 0. The van der Waals surface area contributed by atoms with Gasteiger partial charge < -0.3 is 38.7 Å². The summed E-state index contributed by atoms with van der Waals surface area (Å²) in [6, 6.07) is 40.9. The smallest absolute Gasteiger partial charge is 0.340 e. The fraction of sp³-hybridized carbons (Fsp3) is 0.383. The van der Waals surface area contributed by atoms with Gasteiger partial charge in [0.15, 0.2) is 12.2 Å². The topological polar surface area (TPSA) is 162 Å². The van der Waals surface area contributed by atoms with Crippen LogP contribution in [-0.2, 0) is 62.5 Å². The summed E-state index contributed by atoms with van der Waals surface area (Å²) in [4.78, 5) is 44.1. The highest BCUT2D eigenvalue weighted by molar-refractivity contribution is 5.90. The standard InChI is InChI=1S/C60H66O11/c1-39(2)48-26-25-41-19-21-44(22-20-41)34-46(24-23-43-16-10-17-45(33-43)32-42-14-8-5-9-15-42)35-52(64)68-56-54-51(71-60(3,57(56)70-58(48)65)30-11-18-40-12-6-4-7-13-40)28-27-49-50(36-62)53(59(66)69-55(49)54)47(29-31-61)37-67-38-63/h4-10,12-17,19-22,27-28,33,46-47,56-57,61-63H,11,18,23-26,29-32,34-38H2,1-3H3. The van der Waals surface area contributed by atoms with E-state index in [0.29, 0.717) is 55.9 Å². The Morgan fingerprint density at radius 2 is 1.46 bits per heavy atom. The number of esters is 2. The van der Waals surface area contributed by atoms with Crippen molar-refractivity contribution in [3.8, 4) is 5.75 Å². The Hall–Kier alpha value is -6.37. The van der Waals surface area contributed by atoms with Crippen LogP contribution in [0.5, 0.6) is 5.75 Å². The third kappa shape index (κ3) is 12.4. The van der Waals surface area contributed by atoms with Crippen LogP contribution in [0.15, 0.2) is 142 Å². The third-order valence-electron chi connectivity index (χ3n) is 14.3. The first kappa shape index (κ1) is 51.0. The van der Waals surface area contributed by atoms with Crippen molar-refractivity contribution in [3.05, 3.63) is 193 Å². The first-order valence-corrected chi connectivity index (χ1v) is 25.0. The molecule has 6 aromatic rings. The maximum Gasteiger partial charge on any atom is 0.340 e. The number of aliphatic hydroxyl groups excluding tert-OH is 3. The van der Waals surface area contributed by atoms with Crippen LogP contribution in [0.3, 0.4) is 0 Å². The molecule has 0 saturated carbocycles. The van der Waals surface area contributed by atoms with Gasteiger partial charge in [-0.25, -0.2) is 9.59 Å². The SMILES string of the molecule is CC(C)=C1CCc2ccc(cc2)CC(CCc2cccc(Cc3ccccc3)c2)CC(=O)OC2c3c(ccc4c(CO)c(C(CCO)COCO)c(=O)oc34)OC(C)(CCCc3ccccc3)C2OC1=O. The Morgan fingerprint density at radius 1 is 0.761 bits per heavy atom. The van der Waals surface area contributed by atoms with Crippen LogP contribution in [-0.4, -0.2) is 59.0 Å². The van der Waals surface area contributed by atoms with Crippen LogP contribution in [0.1, 0.15) is 121 Å². The molecule has 0 amide bonds. The molecule has 11 heteroatoms. The molecule has 1 aromatic heterocycles. The van der Waals surface area contributed by atoms with Crippen molar-refractivity contribution >= 4 is 22.9 Å². The molecule has 5 aromatic carbocycles. The summed E-state index contributed by atoms with van der Waals surface area (Å²) >= 11 is 0. The number of carbonyl (C=O) groups is 2. The molecule has 3 aliphatic heterocycles. The van der Waals surface area contributed by atoms with Gasteiger partial charge in [0.05, 0.1) is 18.8 Å². The van der Waals surface area contributed by atoms with Gasteiger partial charge in [0.25, 0.3) is 0 Å². The van der Waals surface area contributed by atoms with Crippen molar-refractivity contribution in [1.82, 2.24) is 0 Å². The highest BCUT2D eigenvalue weighted by Gasteiger charge is 2.53. The van der Waals surface area contributed by atoms with Gasteiger partial charge >= 0.3 is 17.6 Å². The van der Waals surface area contributed by atoms with E-state index in [1.165, 1.54) is 16.7 Å². The van der Waals surface area contributed by atoms with Gasteiger partial charge in [0, 0.05) is 35.5 Å². The van der Waals surface area contributed by atoms with Gasteiger partial charge in [-0.3, -0.25) is 4.79 Å². The molecule has 71 heavy (non-hydrogen) atoms. The van der Waals surface area contributed by atoms with Gasteiger partial charge in [0.2, 0.25) is 0 Å². The quantitative estimate of drug-likeness (QED) is 0.0366. The summed E-state index contributed by atoms with van der Waals surface area (Å²) in [5, 5.41) is 30.8. The molecule has 11 nitrogen and oxygen atoms in total.